The Kier molecular flexibility index (Phi) is 12.1. The third kappa shape index (κ3) is 8.74. The first-order valence-electron chi connectivity index (χ1n) is 10.3. The summed E-state index contributed by atoms with van der Waals surface area (Å²) in [5.41, 5.74) is 5.75. The van der Waals surface area contributed by atoms with Crippen molar-refractivity contribution < 1.29 is 19.7 Å². The monoisotopic (exact) mass is 409 g/mol. The van der Waals surface area contributed by atoms with Crippen LogP contribution in [0.4, 0.5) is 0 Å². The molecule has 2 atom stereocenters. The molecule has 0 spiro atoms. The number of rotatable bonds is 13. The molecule has 1 rings (SSSR count). The molecule has 0 aliphatic heterocycles. The number of carbonyl (C=O) groups is 1. The topological polar surface area (TPSA) is 92.8 Å². The minimum atomic E-state index is -2.04. The summed E-state index contributed by atoms with van der Waals surface area (Å²) in [5.74, 6) is 3.54. The van der Waals surface area contributed by atoms with E-state index in [1.807, 2.05) is 0 Å². The van der Waals surface area contributed by atoms with E-state index >= 15 is 0 Å². The predicted octanol–water partition coefficient (Wildman–Crippen LogP) is 4.05. The molecule has 28 heavy (non-hydrogen) atoms. The summed E-state index contributed by atoms with van der Waals surface area (Å²) in [5, 5.41) is 19.9. The van der Waals surface area contributed by atoms with Gasteiger partial charge in [-0.2, -0.15) is 0 Å². The Labute approximate surface area is 173 Å². The number of hydrogen-bond acceptors (Lipinski definition) is 6. The molecule has 2 unspecified atom stereocenters. The van der Waals surface area contributed by atoms with E-state index in [1.54, 1.807) is 12.1 Å². The summed E-state index contributed by atoms with van der Waals surface area (Å²) in [7, 11) is 0. The summed E-state index contributed by atoms with van der Waals surface area (Å²) < 4.78 is 5.00. The second-order valence-corrected chi connectivity index (χ2v) is 8.21. The van der Waals surface area contributed by atoms with Gasteiger partial charge in [-0.3, -0.25) is 4.79 Å². The second kappa shape index (κ2) is 13.7. The average Bonchev–Trinajstić information content (AvgIpc) is 3.14. The number of esters is 1. The molecule has 4 N–H and O–H groups in total. The number of nitrogens with two attached hydrogens (primary N) is 1. The van der Waals surface area contributed by atoms with Crippen LogP contribution >= 0.6 is 11.3 Å². The predicted molar refractivity (Wildman–Crippen MR) is 114 cm³/mol. The summed E-state index contributed by atoms with van der Waals surface area (Å²) in [6, 6.07) is 2.27. The van der Waals surface area contributed by atoms with Gasteiger partial charge in [0.25, 0.3) is 5.79 Å². The van der Waals surface area contributed by atoms with Gasteiger partial charge in [0.2, 0.25) is 0 Å². The third-order valence-corrected chi connectivity index (χ3v) is 5.68. The van der Waals surface area contributed by atoms with E-state index in [2.05, 4.69) is 18.8 Å². The Bertz CT molecular complexity index is 634. The zero-order chi connectivity index (χ0) is 20.8. The van der Waals surface area contributed by atoms with Crippen LogP contribution < -0.4 is 5.73 Å². The van der Waals surface area contributed by atoms with Crippen LogP contribution in [0.2, 0.25) is 0 Å². The Morgan fingerprint density at radius 2 is 1.79 bits per heavy atom. The maximum Gasteiger partial charge on any atom is 0.305 e. The van der Waals surface area contributed by atoms with Crippen molar-refractivity contribution in [3.63, 3.8) is 0 Å². The molecule has 0 aliphatic rings. The number of carbonyl (C=O) groups excluding carboxylic acids is 1. The maximum atomic E-state index is 11.3. The van der Waals surface area contributed by atoms with Gasteiger partial charge in [-0.25, -0.2) is 0 Å². The lowest BCUT2D eigenvalue weighted by Gasteiger charge is -2.30. The van der Waals surface area contributed by atoms with Crippen LogP contribution in [0, 0.1) is 11.8 Å². The number of thiophene rings is 1. The van der Waals surface area contributed by atoms with Gasteiger partial charge in [-0.1, -0.05) is 70.1 Å². The molecule has 1 aromatic rings. The Hall–Kier alpha value is -1.39. The highest BCUT2D eigenvalue weighted by Gasteiger charge is 2.41. The molecule has 1 heterocycles. The van der Waals surface area contributed by atoms with Crippen LogP contribution in [-0.2, 0) is 15.3 Å². The smallest absolute Gasteiger partial charge is 0.305 e. The molecular weight excluding hydrogens is 374 g/mol. The quantitative estimate of drug-likeness (QED) is 0.198. The molecule has 0 saturated heterocycles. The number of hydrogen-bond donors (Lipinski definition) is 3. The van der Waals surface area contributed by atoms with E-state index < -0.39 is 24.4 Å². The number of unbranched alkanes of at least 4 members (excludes halogenated alkanes) is 9. The van der Waals surface area contributed by atoms with Crippen LogP contribution in [0.1, 0.15) is 87.8 Å². The largest absolute Gasteiger partial charge is 0.426 e. The number of aliphatic hydroxyl groups excluding tert-OH is 1. The van der Waals surface area contributed by atoms with Gasteiger partial charge in [0.1, 0.15) is 0 Å². The molecule has 0 aromatic carbocycles. The SMILES string of the molecule is CCCCCCCCCCCC#Cc1ccc(C(O)(OC(C)=O)C(N)CO)s1. The fourth-order valence-corrected chi connectivity index (χ4v) is 3.89. The molecule has 0 aliphatic carbocycles. The minimum absolute atomic E-state index is 0.358. The Balaban J connectivity index is 2.41. The molecule has 158 valence electrons. The first-order valence-corrected chi connectivity index (χ1v) is 11.1. The van der Waals surface area contributed by atoms with Crippen molar-refractivity contribution in [1.29, 1.82) is 0 Å². The minimum Gasteiger partial charge on any atom is -0.426 e. The van der Waals surface area contributed by atoms with Gasteiger partial charge in [0.15, 0.2) is 0 Å². The molecule has 5 nitrogen and oxygen atoms in total. The lowest BCUT2D eigenvalue weighted by molar-refractivity contribution is -0.224. The fourth-order valence-electron chi connectivity index (χ4n) is 2.92. The molecular formula is C22H35NO4S. The van der Waals surface area contributed by atoms with Crippen molar-refractivity contribution in [1.82, 2.24) is 0 Å². The standard InChI is InChI=1S/C22H35NO4S/c1-3-4-5-6-7-8-9-10-11-12-13-14-19-15-16-21(28-19)22(26,20(23)17-24)27-18(2)25/h15-16,20,24,26H,3-12,17,23H2,1-2H3. The van der Waals surface area contributed by atoms with Crippen molar-refractivity contribution in [2.24, 2.45) is 5.73 Å². The second-order valence-electron chi connectivity index (χ2n) is 7.12. The first kappa shape index (κ1) is 24.6. The normalized spacial score (nSPS) is 14.0. The Morgan fingerprint density at radius 3 is 2.36 bits per heavy atom. The lowest BCUT2D eigenvalue weighted by Crippen LogP contribution is -2.50. The van der Waals surface area contributed by atoms with E-state index in [-0.39, 0.29) is 0 Å². The van der Waals surface area contributed by atoms with Gasteiger partial charge in [-0.15, -0.1) is 11.3 Å². The van der Waals surface area contributed by atoms with Crippen molar-refractivity contribution in [2.75, 3.05) is 6.61 Å². The summed E-state index contributed by atoms with van der Waals surface area (Å²) in [6.07, 6.45) is 12.4. The van der Waals surface area contributed by atoms with Crippen LogP contribution in [0.25, 0.3) is 0 Å². The van der Waals surface area contributed by atoms with Crippen LogP contribution in [-0.4, -0.2) is 28.8 Å². The summed E-state index contributed by atoms with van der Waals surface area (Å²) >= 11 is 1.21. The van der Waals surface area contributed by atoms with Gasteiger partial charge < -0.3 is 20.7 Å². The van der Waals surface area contributed by atoms with Gasteiger partial charge >= 0.3 is 5.97 Å². The maximum absolute atomic E-state index is 11.3. The molecule has 0 saturated carbocycles. The molecule has 0 amide bonds. The van der Waals surface area contributed by atoms with E-state index in [0.717, 1.165) is 17.7 Å². The van der Waals surface area contributed by atoms with Crippen molar-refractivity contribution in [2.45, 2.75) is 89.9 Å². The lowest BCUT2D eigenvalue weighted by atomic mass is 10.1. The first-order chi connectivity index (χ1) is 13.4. The zero-order valence-corrected chi connectivity index (χ0v) is 18.0. The molecule has 6 heteroatoms. The molecule has 1 aromatic heterocycles. The highest BCUT2D eigenvalue weighted by Crippen LogP contribution is 2.32. The van der Waals surface area contributed by atoms with E-state index in [0.29, 0.717) is 4.88 Å². The van der Waals surface area contributed by atoms with Crippen LogP contribution in [0.15, 0.2) is 12.1 Å². The van der Waals surface area contributed by atoms with Crippen LogP contribution in [0.5, 0.6) is 0 Å². The van der Waals surface area contributed by atoms with Crippen molar-refractivity contribution >= 4 is 17.3 Å². The summed E-state index contributed by atoms with van der Waals surface area (Å²) in [4.78, 5) is 12.4. The van der Waals surface area contributed by atoms with Crippen molar-refractivity contribution in [3.05, 3.63) is 21.9 Å². The van der Waals surface area contributed by atoms with Gasteiger partial charge in [0.05, 0.1) is 22.4 Å². The van der Waals surface area contributed by atoms with E-state index in [1.165, 1.54) is 69.6 Å². The average molecular weight is 410 g/mol. The highest BCUT2D eigenvalue weighted by atomic mass is 32.1. The van der Waals surface area contributed by atoms with Gasteiger partial charge in [0, 0.05) is 13.3 Å². The van der Waals surface area contributed by atoms with E-state index in [4.69, 9.17) is 10.5 Å². The summed E-state index contributed by atoms with van der Waals surface area (Å²) in [6.45, 7) is 2.91. The molecule has 0 fully saturated rings. The number of ether oxygens (including phenoxy) is 1. The van der Waals surface area contributed by atoms with E-state index in [9.17, 15) is 15.0 Å². The van der Waals surface area contributed by atoms with Crippen LogP contribution in [0.3, 0.4) is 0 Å². The van der Waals surface area contributed by atoms with Crippen molar-refractivity contribution in [3.8, 4) is 11.8 Å². The van der Waals surface area contributed by atoms with Gasteiger partial charge in [-0.05, 0) is 18.6 Å². The number of aliphatic hydroxyl groups is 2. The molecule has 0 radical (unpaired) electrons. The highest BCUT2D eigenvalue weighted by molar-refractivity contribution is 7.12. The third-order valence-electron chi connectivity index (χ3n) is 4.57. The zero-order valence-electron chi connectivity index (χ0n) is 17.2. The Morgan fingerprint density at radius 1 is 1.18 bits per heavy atom. The molecule has 0 bridgehead atoms. The fraction of sp³-hybridized carbons (Fsp3) is 0.682.